The molecule has 0 aliphatic heterocycles. The summed E-state index contributed by atoms with van der Waals surface area (Å²) >= 11 is 0. The molecule has 0 aromatic heterocycles. The number of ketones is 1. The number of Topliss-reactive ketones (excluding diaryl/α,β-unsaturated/α-hetero) is 1. The Morgan fingerprint density at radius 1 is 0.808 bits per heavy atom. The van der Waals surface area contributed by atoms with Crippen molar-refractivity contribution in [2.75, 3.05) is 32.6 Å². The van der Waals surface area contributed by atoms with Crippen LogP contribution in [0.3, 0.4) is 0 Å². The van der Waals surface area contributed by atoms with E-state index in [9.17, 15) is 18.7 Å². The lowest BCUT2D eigenvalue weighted by Crippen LogP contribution is -2.35. The van der Waals surface area contributed by atoms with Gasteiger partial charge in [-0.3, -0.25) is 13.9 Å². The zero-order valence-corrected chi connectivity index (χ0v) is 18.0. The quantitative estimate of drug-likeness (QED) is 0.239. The normalized spacial score (nSPS) is 13.7. The lowest BCUT2D eigenvalue weighted by atomic mass is 10.3. The molecule has 26 heavy (non-hydrogen) atoms. The van der Waals surface area contributed by atoms with Gasteiger partial charge in [0.1, 0.15) is 5.66 Å². The van der Waals surface area contributed by atoms with Crippen LogP contribution < -0.4 is 0 Å². The molecule has 0 N–H and O–H groups in total. The maximum Gasteiger partial charge on any atom is 0.375 e. The highest BCUT2D eigenvalue weighted by atomic mass is 31.2. The Kier molecular flexibility index (Phi) is 11.7. The molecule has 0 heterocycles. The van der Waals surface area contributed by atoms with E-state index in [1.807, 2.05) is 0 Å². The minimum absolute atomic E-state index is 0.0339. The second-order valence-corrected chi connectivity index (χ2v) is 9.66. The van der Waals surface area contributed by atoms with Gasteiger partial charge in [-0.15, -0.1) is 0 Å². The number of esters is 1. The summed E-state index contributed by atoms with van der Waals surface area (Å²) in [4.78, 5) is 24.7. The average Bonchev–Trinajstić information content (AvgIpc) is 2.52. The number of rotatable bonds is 14. The van der Waals surface area contributed by atoms with Gasteiger partial charge in [0.05, 0.1) is 38.7 Å². The maximum atomic E-state index is 13.1. The van der Waals surface area contributed by atoms with E-state index < -0.39 is 44.9 Å². The summed E-state index contributed by atoms with van der Waals surface area (Å²) in [5.74, 6) is -2.35. The van der Waals surface area contributed by atoms with Crippen LogP contribution in [-0.4, -0.2) is 56.1 Å². The van der Waals surface area contributed by atoms with Crippen LogP contribution >= 0.6 is 15.2 Å². The summed E-state index contributed by atoms with van der Waals surface area (Å²) in [6, 6.07) is 0. The topological polar surface area (TPSA) is 114 Å². The predicted octanol–water partition coefficient (Wildman–Crippen LogP) is 3.41. The Morgan fingerprint density at radius 3 is 1.58 bits per heavy atom. The van der Waals surface area contributed by atoms with Crippen LogP contribution in [-0.2, 0) is 41.6 Å². The average molecular weight is 416 g/mol. The standard InChI is InChI=1S/C15H30O9P2/c1-7-20-25(18,21-8-2)11-13(14(16)15(17)24-12(5)6)26(19,22-9-3)23-10-4/h12-13H,7-11H2,1-6H3. The van der Waals surface area contributed by atoms with Crippen molar-refractivity contribution in [3.8, 4) is 0 Å². The Bertz CT molecular complexity index is 527. The Labute approximate surface area is 155 Å². The third kappa shape index (κ3) is 7.99. The summed E-state index contributed by atoms with van der Waals surface area (Å²) in [6.45, 7) is 9.47. The Hall–Kier alpha value is -0.560. The minimum Gasteiger partial charge on any atom is -0.457 e. The van der Waals surface area contributed by atoms with E-state index in [0.29, 0.717) is 0 Å². The largest absolute Gasteiger partial charge is 0.457 e. The van der Waals surface area contributed by atoms with Crippen molar-refractivity contribution >= 4 is 26.9 Å². The number of carbonyl (C=O) groups is 2. The third-order valence-electron chi connectivity index (χ3n) is 2.89. The van der Waals surface area contributed by atoms with Gasteiger partial charge in [-0.05, 0) is 41.5 Å². The predicted molar refractivity (Wildman–Crippen MR) is 96.6 cm³/mol. The molecule has 9 nitrogen and oxygen atoms in total. The summed E-state index contributed by atoms with van der Waals surface area (Å²) in [5.41, 5.74) is -1.66. The van der Waals surface area contributed by atoms with Crippen LogP contribution in [0.25, 0.3) is 0 Å². The smallest absolute Gasteiger partial charge is 0.375 e. The van der Waals surface area contributed by atoms with Gasteiger partial charge in [-0.2, -0.15) is 0 Å². The molecule has 1 atom stereocenters. The van der Waals surface area contributed by atoms with E-state index in [4.69, 9.17) is 22.8 Å². The number of ether oxygens (including phenoxy) is 1. The lowest BCUT2D eigenvalue weighted by Gasteiger charge is -2.27. The van der Waals surface area contributed by atoms with Gasteiger partial charge in [-0.25, -0.2) is 4.79 Å². The monoisotopic (exact) mass is 416 g/mol. The van der Waals surface area contributed by atoms with Crippen molar-refractivity contribution in [3.63, 3.8) is 0 Å². The first-order valence-electron chi connectivity index (χ1n) is 8.60. The van der Waals surface area contributed by atoms with Gasteiger partial charge >= 0.3 is 21.2 Å². The van der Waals surface area contributed by atoms with Crippen LogP contribution in [0, 0.1) is 0 Å². The SMILES string of the molecule is CCOP(=O)(CC(C(=O)C(=O)OC(C)C)P(=O)(OCC)OCC)OCC. The number of hydrogen-bond acceptors (Lipinski definition) is 9. The van der Waals surface area contributed by atoms with Crippen LogP contribution in [0.4, 0.5) is 0 Å². The van der Waals surface area contributed by atoms with Gasteiger partial charge < -0.3 is 22.8 Å². The molecule has 0 rings (SSSR count). The number of hydrogen-bond donors (Lipinski definition) is 0. The molecule has 0 aromatic carbocycles. The molecular formula is C15H30O9P2. The fourth-order valence-corrected chi connectivity index (χ4v) is 6.67. The molecule has 0 fully saturated rings. The van der Waals surface area contributed by atoms with Gasteiger partial charge in [0.25, 0.3) is 5.78 Å². The van der Waals surface area contributed by atoms with Crippen molar-refractivity contribution in [3.05, 3.63) is 0 Å². The molecule has 0 bridgehead atoms. The molecule has 0 saturated carbocycles. The van der Waals surface area contributed by atoms with Crippen LogP contribution in [0.5, 0.6) is 0 Å². The van der Waals surface area contributed by atoms with E-state index in [1.54, 1.807) is 41.5 Å². The molecule has 0 aliphatic carbocycles. The van der Waals surface area contributed by atoms with E-state index in [2.05, 4.69) is 0 Å². The zero-order chi connectivity index (χ0) is 20.4. The van der Waals surface area contributed by atoms with E-state index in [-0.39, 0.29) is 26.4 Å². The van der Waals surface area contributed by atoms with Gasteiger partial charge in [-0.1, -0.05) is 0 Å². The van der Waals surface area contributed by atoms with E-state index in [0.717, 1.165) is 0 Å². The second-order valence-electron chi connectivity index (χ2n) is 5.34. The van der Waals surface area contributed by atoms with E-state index >= 15 is 0 Å². The maximum absolute atomic E-state index is 13.1. The van der Waals surface area contributed by atoms with Gasteiger partial charge in [0.15, 0.2) is 0 Å². The minimum atomic E-state index is -4.11. The molecule has 0 amide bonds. The Balaban J connectivity index is 5.92. The van der Waals surface area contributed by atoms with Crippen molar-refractivity contribution in [1.82, 2.24) is 0 Å². The zero-order valence-electron chi connectivity index (χ0n) is 16.3. The molecule has 0 saturated heterocycles. The summed E-state index contributed by atoms with van der Waals surface area (Å²) in [6.07, 6.45) is -1.17. The lowest BCUT2D eigenvalue weighted by molar-refractivity contribution is -0.156. The molecule has 0 radical (unpaired) electrons. The van der Waals surface area contributed by atoms with Crippen LogP contribution in [0.15, 0.2) is 0 Å². The molecular weight excluding hydrogens is 386 g/mol. The highest BCUT2D eigenvalue weighted by molar-refractivity contribution is 7.59. The number of carbonyl (C=O) groups excluding carboxylic acids is 2. The second kappa shape index (κ2) is 12.0. The van der Waals surface area contributed by atoms with Crippen LogP contribution in [0.2, 0.25) is 0 Å². The summed E-state index contributed by atoms with van der Waals surface area (Å²) in [7, 11) is -7.92. The highest BCUT2D eigenvalue weighted by Gasteiger charge is 2.49. The Morgan fingerprint density at radius 2 is 1.23 bits per heavy atom. The van der Waals surface area contributed by atoms with Crippen molar-refractivity contribution in [2.24, 2.45) is 0 Å². The summed E-state index contributed by atoms with van der Waals surface area (Å²) < 4.78 is 51.5. The summed E-state index contributed by atoms with van der Waals surface area (Å²) in [5, 5.41) is 0. The molecule has 1 unspecified atom stereocenters. The fraction of sp³-hybridized carbons (Fsp3) is 0.867. The molecule has 154 valence electrons. The van der Waals surface area contributed by atoms with Gasteiger partial charge in [0, 0.05) is 0 Å². The van der Waals surface area contributed by atoms with Crippen molar-refractivity contribution in [1.29, 1.82) is 0 Å². The third-order valence-corrected chi connectivity index (χ3v) is 7.71. The van der Waals surface area contributed by atoms with E-state index in [1.165, 1.54) is 0 Å². The fourth-order valence-electron chi connectivity index (χ4n) is 2.06. The molecule has 0 spiro atoms. The first-order chi connectivity index (χ1) is 12.1. The van der Waals surface area contributed by atoms with Crippen molar-refractivity contribution < 1.29 is 41.6 Å². The first-order valence-corrected chi connectivity index (χ1v) is 11.9. The highest BCUT2D eigenvalue weighted by Crippen LogP contribution is 2.60. The molecule has 0 aromatic rings. The van der Waals surface area contributed by atoms with Gasteiger partial charge in [0.2, 0.25) is 0 Å². The van der Waals surface area contributed by atoms with Crippen molar-refractivity contribution in [2.45, 2.75) is 53.3 Å². The first kappa shape index (κ1) is 25.4. The molecule has 0 aliphatic rings. The van der Waals surface area contributed by atoms with Crippen LogP contribution in [0.1, 0.15) is 41.5 Å². The molecule has 11 heteroatoms.